The second-order valence-electron chi connectivity index (χ2n) is 5.57. The summed E-state index contributed by atoms with van der Waals surface area (Å²) in [5.74, 6) is -0.0265. The van der Waals surface area contributed by atoms with Gasteiger partial charge in [-0.2, -0.15) is 0 Å². The molecule has 1 aliphatic rings. The summed E-state index contributed by atoms with van der Waals surface area (Å²) in [6, 6.07) is 5.90. The first-order valence-corrected chi connectivity index (χ1v) is 6.74. The summed E-state index contributed by atoms with van der Waals surface area (Å²) in [5.41, 5.74) is 2.64. The summed E-state index contributed by atoms with van der Waals surface area (Å²) in [4.78, 5) is 13.8. The lowest BCUT2D eigenvalue weighted by Gasteiger charge is -2.45. The molecule has 4 heteroatoms. The van der Waals surface area contributed by atoms with E-state index in [1.165, 1.54) is 11.1 Å². The van der Waals surface area contributed by atoms with Crippen molar-refractivity contribution in [3.05, 3.63) is 29.3 Å². The Morgan fingerprint density at radius 3 is 2.63 bits per heavy atom. The van der Waals surface area contributed by atoms with Crippen molar-refractivity contribution in [3.63, 3.8) is 0 Å². The van der Waals surface area contributed by atoms with E-state index in [1.54, 1.807) is 0 Å². The van der Waals surface area contributed by atoms with Crippen LogP contribution in [0.25, 0.3) is 0 Å². The second-order valence-corrected chi connectivity index (χ2v) is 5.57. The van der Waals surface area contributed by atoms with E-state index in [0.717, 1.165) is 12.1 Å². The molecule has 1 heterocycles. The third-order valence-electron chi connectivity index (χ3n) is 3.85. The van der Waals surface area contributed by atoms with Crippen molar-refractivity contribution >= 4 is 11.6 Å². The van der Waals surface area contributed by atoms with Crippen LogP contribution in [0.2, 0.25) is 0 Å². The number of hydrogen-bond acceptors (Lipinski definition) is 3. The first-order chi connectivity index (χ1) is 8.92. The van der Waals surface area contributed by atoms with E-state index in [2.05, 4.69) is 5.32 Å². The van der Waals surface area contributed by atoms with Gasteiger partial charge in [-0.15, -0.1) is 0 Å². The zero-order valence-corrected chi connectivity index (χ0v) is 11.9. The predicted octanol–water partition coefficient (Wildman–Crippen LogP) is 1.70. The monoisotopic (exact) mass is 262 g/mol. The van der Waals surface area contributed by atoms with Crippen LogP contribution in [-0.2, 0) is 4.79 Å². The van der Waals surface area contributed by atoms with Crippen LogP contribution in [0.3, 0.4) is 0 Å². The molecule has 0 unspecified atom stereocenters. The Hall–Kier alpha value is -1.39. The number of aliphatic hydroxyl groups is 1. The lowest BCUT2D eigenvalue weighted by atomic mass is 9.91. The van der Waals surface area contributed by atoms with E-state index in [9.17, 15) is 9.90 Å². The van der Waals surface area contributed by atoms with Gasteiger partial charge in [-0.3, -0.25) is 9.69 Å². The molecule has 1 fully saturated rings. The van der Waals surface area contributed by atoms with Crippen molar-refractivity contribution < 1.29 is 9.90 Å². The Morgan fingerprint density at radius 1 is 1.37 bits per heavy atom. The number of β-amino-alcohol motifs (C(OH)–C–C–N with tert-alkyl or cyclic N) is 1. The number of nitrogens with zero attached hydrogens (tertiary/aromatic N) is 1. The van der Waals surface area contributed by atoms with Gasteiger partial charge in [0.1, 0.15) is 0 Å². The predicted molar refractivity (Wildman–Crippen MR) is 76.2 cm³/mol. The van der Waals surface area contributed by atoms with Crippen molar-refractivity contribution in [2.75, 3.05) is 25.0 Å². The number of rotatable bonds is 4. The molecule has 1 aromatic carbocycles. The van der Waals surface area contributed by atoms with Gasteiger partial charge < -0.3 is 10.4 Å². The molecule has 1 aromatic rings. The van der Waals surface area contributed by atoms with Gasteiger partial charge in [0.25, 0.3) is 0 Å². The first kappa shape index (κ1) is 14.0. The fourth-order valence-electron chi connectivity index (χ4n) is 2.34. The topological polar surface area (TPSA) is 52.6 Å². The van der Waals surface area contributed by atoms with Crippen LogP contribution in [0.15, 0.2) is 18.2 Å². The number of carbonyl (C=O) groups excluding carboxylic acids is 1. The van der Waals surface area contributed by atoms with E-state index < -0.39 is 5.60 Å². The molecular formula is C15H22N2O2. The number of benzene rings is 1. The Bertz CT molecular complexity index is 479. The van der Waals surface area contributed by atoms with Gasteiger partial charge in [-0.05, 0) is 43.5 Å². The van der Waals surface area contributed by atoms with Crippen molar-refractivity contribution in [1.29, 1.82) is 0 Å². The van der Waals surface area contributed by atoms with Gasteiger partial charge in [-0.25, -0.2) is 0 Å². The van der Waals surface area contributed by atoms with Crippen LogP contribution >= 0.6 is 0 Å². The molecule has 2 rings (SSSR count). The maximum Gasteiger partial charge on any atom is 0.238 e. The molecular weight excluding hydrogens is 240 g/mol. The molecule has 2 N–H and O–H groups in total. The molecule has 104 valence electrons. The van der Waals surface area contributed by atoms with Crippen LogP contribution in [0.5, 0.6) is 0 Å². The van der Waals surface area contributed by atoms with Gasteiger partial charge in [0, 0.05) is 18.8 Å². The average molecular weight is 262 g/mol. The molecule has 0 spiro atoms. The average Bonchev–Trinajstić information content (AvgIpc) is 2.31. The van der Waals surface area contributed by atoms with Crippen molar-refractivity contribution in [2.45, 2.75) is 32.8 Å². The summed E-state index contributed by atoms with van der Waals surface area (Å²) in [7, 11) is 0. The Morgan fingerprint density at radius 2 is 2.05 bits per heavy atom. The molecule has 4 nitrogen and oxygen atoms in total. The molecule has 1 saturated heterocycles. The molecule has 0 saturated carbocycles. The van der Waals surface area contributed by atoms with Crippen LogP contribution < -0.4 is 5.32 Å². The van der Waals surface area contributed by atoms with Gasteiger partial charge in [-0.1, -0.05) is 13.0 Å². The molecule has 0 bridgehead atoms. The smallest absolute Gasteiger partial charge is 0.238 e. The minimum atomic E-state index is -0.583. The van der Waals surface area contributed by atoms with Crippen molar-refractivity contribution in [3.8, 4) is 0 Å². The van der Waals surface area contributed by atoms with E-state index in [4.69, 9.17) is 0 Å². The maximum atomic E-state index is 11.9. The maximum absolute atomic E-state index is 11.9. The first-order valence-electron chi connectivity index (χ1n) is 6.74. The third-order valence-corrected chi connectivity index (χ3v) is 3.85. The van der Waals surface area contributed by atoms with E-state index in [-0.39, 0.29) is 5.91 Å². The number of anilines is 1. The summed E-state index contributed by atoms with van der Waals surface area (Å²) < 4.78 is 0. The number of nitrogens with one attached hydrogen (secondary N) is 1. The molecule has 19 heavy (non-hydrogen) atoms. The highest BCUT2D eigenvalue weighted by molar-refractivity contribution is 5.92. The number of aryl methyl sites for hydroxylation is 2. The Balaban J connectivity index is 1.84. The van der Waals surface area contributed by atoms with Crippen LogP contribution in [0.4, 0.5) is 5.69 Å². The highest BCUT2D eigenvalue weighted by Gasteiger charge is 2.39. The standard InChI is InChI=1S/C15H22N2O2/c1-4-15(19)9-17(10-15)8-14(18)16-13-6-5-11(2)12(3)7-13/h5-7,19H,4,8-10H2,1-3H3,(H,16,18). The fourth-order valence-corrected chi connectivity index (χ4v) is 2.34. The minimum Gasteiger partial charge on any atom is -0.387 e. The van der Waals surface area contributed by atoms with Gasteiger partial charge in [0.05, 0.1) is 12.1 Å². The van der Waals surface area contributed by atoms with Crippen LogP contribution in [0, 0.1) is 13.8 Å². The number of hydrogen-bond donors (Lipinski definition) is 2. The summed E-state index contributed by atoms with van der Waals surface area (Å²) >= 11 is 0. The summed E-state index contributed by atoms with van der Waals surface area (Å²) in [5, 5.41) is 12.8. The molecule has 0 aromatic heterocycles. The van der Waals surface area contributed by atoms with E-state index in [1.807, 2.05) is 43.9 Å². The number of carbonyl (C=O) groups is 1. The van der Waals surface area contributed by atoms with Gasteiger partial charge in [0.2, 0.25) is 5.91 Å². The summed E-state index contributed by atoms with van der Waals surface area (Å²) in [6.45, 7) is 7.56. The fraction of sp³-hybridized carbons (Fsp3) is 0.533. The van der Waals surface area contributed by atoms with Gasteiger partial charge >= 0.3 is 0 Å². The SMILES string of the molecule is CCC1(O)CN(CC(=O)Nc2ccc(C)c(C)c2)C1. The highest BCUT2D eigenvalue weighted by atomic mass is 16.3. The lowest BCUT2D eigenvalue weighted by molar-refractivity contribution is -0.128. The molecule has 0 aliphatic carbocycles. The highest BCUT2D eigenvalue weighted by Crippen LogP contribution is 2.23. The minimum absolute atomic E-state index is 0.0265. The van der Waals surface area contributed by atoms with E-state index in [0.29, 0.717) is 19.6 Å². The summed E-state index contributed by atoms with van der Waals surface area (Å²) in [6.07, 6.45) is 0.738. The quantitative estimate of drug-likeness (QED) is 0.868. The molecule has 1 amide bonds. The zero-order valence-electron chi connectivity index (χ0n) is 11.9. The van der Waals surface area contributed by atoms with E-state index >= 15 is 0 Å². The van der Waals surface area contributed by atoms with Gasteiger partial charge in [0.15, 0.2) is 0 Å². The van der Waals surface area contributed by atoms with Crippen molar-refractivity contribution in [1.82, 2.24) is 4.90 Å². The normalized spacial score (nSPS) is 17.9. The largest absolute Gasteiger partial charge is 0.387 e. The number of amides is 1. The van der Waals surface area contributed by atoms with Crippen LogP contribution in [0.1, 0.15) is 24.5 Å². The third kappa shape index (κ3) is 3.33. The van der Waals surface area contributed by atoms with Crippen molar-refractivity contribution in [2.24, 2.45) is 0 Å². The van der Waals surface area contributed by atoms with Crippen LogP contribution in [-0.4, -0.2) is 41.1 Å². The molecule has 0 radical (unpaired) electrons. The Labute approximate surface area is 114 Å². The Kier molecular flexibility index (Phi) is 3.92. The molecule has 0 atom stereocenters. The zero-order chi connectivity index (χ0) is 14.0. The lowest BCUT2D eigenvalue weighted by Crippen LogP contribution is -2.62. The molecule has 1 aliphatic heterocycles. The second kappa shape index (κ2) is 5.31. The number of likely N-dealkylation sites (tertiary alicyclic amines) is 1.